The second-order valence-electron chi connectivity index (χ2n) is 6.32. The minimum absolute atomic E-state index is 0.294. The first-order chi connectivity index (χ1) is 11.7. The number of sulfonamides is 1. The molecule has 8 heteroatoms. The van der Waals surface area contributed by atoms with Crippen molar-refractivity contribution >= 4 is 27.6 Å². The lowest BCUT2D eigenvalue weighted by atomic mass is 9.98. The highest BCUT2D eigenvalue weighted by molar-refractivity contribution is 7.88. The van der Waals surface area contributed by atoms with Crippen molar-refractivity contribution in [3.63, 3.8) is 0 Å². The molecule has 2 rings (SSSR count). The van der Waals surface area contributed by atoms with E-state index in [0.717, 1.165) is 11.8 Å². The molecule has 1 amide bonds. The Morgan fingerprint density at radius 1 is 1.24 bits per heavy atom. The van der Waals surface area contributed by atoms with Gasteiger partial charge in [-0.05, 0) is 38.3 Å². The molecule has 1 saturated heterocycles. The van der Waals surface area contributed by atoms with Crippen molar-refractivity contribution in [3.8, 4) is 0 Å². The fraction of sp³-hybridized carbons (Fsp3) is 0.529. The van der Waals surface area contributed by atoms with Crippen molar-refractivity contribution in [3.05, 3.63) is 29.8 Å². The zero-order valence-electron chi connectivity index (χ0n) is 14.7. The third-order valence-corrected chi connectivity index (χ3v) is 5.62. The minimum atomic E-state index is -3.23. The number of nitrogens with zero attached hydrogens (tertiary/aromatic N) is 1. The van der Waals surface area contributed by atoms with Gasteiger partial charge >= 0.3 is 5.97 Å². The number of carbonyl (C=O) groups excluding carboxylic acids is 2. The smallest absolute Gasteiger partial charge is 0.309 e. The molecule has 1 aromatic carbocycles. The van der Waals surface area contributed by atoms with Gasteiger partial charge in [-0.15, -0.1) is 0 Å². The van der Waals surface area contributed by atoms with E-state index in [1.807, 2.05) is 25.1 Å². The molecule has 1 aliphatic rings. The van der Waals surface area contributed by atoms with Crippen LogP contribution in [-0.2, 0) is 24.3 Å². The summed E-state index contributed by atoms with van der Waals surface area (Å²) >= 11 is 0. The summed E-state index contributed by atoms with van der Waals surface area (Å²) < 4.78 is 29.6. The summed E-state index contributed by atoms with van der Waals surface area (Å²) in [6.45, 7) is 3.99. The number of benzene rings is 1. The molecule has 0 spiro atoms. The molecule has 1 fully saturated rings. The number of anilines is 1. The number of carbonyl (C=O) groups is 2. The van der Waals surface area contributed by atoms with Crippen molar-refractivity contribution in [2.45, 2.75) is 32.8 Å². The number of para-hydroxylation sites is 1. The third kappa shape index (κ3) is 5.27. The van der Waals surface area contributed by atoms with Crippen LogP contribution in [-0.4, -0.2) is 50.0 Å². The van der Waals surface area contributed by atoms with Gasteiger partial charge in [-0.1, -0.05) is 18.2 Å². The Balaban J connectivity index is 1.86. The summed E-state index contributed by atoms with van der Waals surface area (Å²) in [5.74, 6) is -1.23. The standard InChI is InChI=1S/C17H24N2O5S/c1-12-6-4-5-7-15(12)18-16(20)13(2)24-17(21)14-8-10-19(11-9-14)25(3,22)23/h4-7,13-14H,8-11H2,1-3H3,(H,18,20). The van der Waals surface area contributed by atoms with Crippen molar-refractivity contribution in [2.75, 3.05) is 24.7 Å². The van der Waals surface area contributed by atoms with Crippen molar-refractivity contribution in [1.29, 1.82) is 0 Å². The number of esters is 1. The van der Waals surface area contributed by atoms with Gasteiger partial charge in [0.05, 0.1) is 12.2 Å². The average molecular weight is 368 g/mol. The summed E-state index contributed by atoms with van der Waals surface area (Å²) in [5, 5.41) is 2.74. The first-order valence-corrected chi connectivity index (χ1v) is 10.1. The zero-order chi connectivity index (χ0) is 18.6. The number of rotatable bonds is 5. The topological polar surface area (TPSA) is 92.8 Å². The van der Waals surface area contributed by atoms with Crippen LogP contribution in [0.4, 0.5) is 5.69 Å². The second-order valence-corrected chi connectivity index (χ2v) is 8.30. The van der Waals surface area contributed by atoms with Crippen molar-refractivity contribution < 1.29 is 22.7 Å². The van der Waals surface area contributed by atoms with Crippen molar-refractivity contribution in [1.82, 2.24) is 4.31 Å². The van der Waals surface area contributed by atoms with Gasteiger partial charge in [0.25, 0.3) is 5.91 Å². The van der Waals surface area contributed by atoms with Crippen LogP contribution in [0.5, 0.6) is 0 Å². The molecule has 25 heavy (non-hydrogen) atoms. The molecular weight excluding hydrogens is 344 g/mol. The van der Waals surface area contributed by atoms with Gasteiger partial charge < -0.3 is 10.1 Å². The molecule has 7 nitrogen and oxygen atoms in total. The molecule has 0 aromatic heterocycles. The van der Waals surface area contributed by atoms with Gasteiger partial charge in [0.2, 0.25) is 10.0 Å². The van der Waals surface area contributed by atoms with E-state index in [9.17, 15) is 18.0 Å². The Labute approximate surface area is 148 Å². The zero-order valence-corrected chi connectivity index (χ0v) is 15.5. The van der Waals surface area contributed by atoms with Crippen LogP contribution in [0, 0.1) is 12.8 Å². The number of nitrogens with one attached hydrogen (secondary N) is 1. The molecule has 1 aromatic rings. The normalized spacial score (nSPS) is 17.7. The molecule has 138 valence electrons. The van der Waals surface area contributed by atoms with E-state index in [0.29, 0.717) is 31.6 Å². The maximum Gasteiger partial charge on any atom is 0.309 e. The molecule has 0 radical (unpaired) electrons. The fourth-order valence-electron chi connectivity index (χ4n) is 2.69. The molecule has 0 aliphatic carbocycles. The highest BCUT2D eigenvalue weighted by atomic mass is 32.2. The van der Waals surface area contributed by atoms with Crippen molar-refractivity contribution in [2.24, 2.45) is 5.92 Å². The molecule has 1 aliphatic heterocycles. The maximum atomic E-state index is 12.2. The third-order valence-electron chi connectivity index (χ3n) is 4.32. The van der Waals surface area contributed by atoms with Gasteiger partial charge in [-0.3, -0.25) is 9.59 Å². The predicted octanol–water partition coefficient (Wildman–Crippen LogP) is 1.54. The van der Waals surface area contributed by atoms with E-state index in [1.165, 1.54) is 11.2 Å². The van der Waals surface area contributed by atoms with Crippen LogP contribution in [0.25, 0.3) is 0 Å². The average Bonchev–Trinajstić information content (AvgIpc) is 2.56. The lowest BCUT2D eigenvalue weighted by Gasteiger charge is -2.29. The molecule has 0 bridgehead atoms. The molecule has 0 saturated carbocycles. The van der Waals surface area contributed by atoms with Crippen LogP contribution in [0.2, 0.25) is 0 Å². The van der Waals surface area contributed by atoms with Crippen LogP contribution in [0.1, 0.15) is 25.3 Å². The largest absolute Gasteiger partial charge is 0.452 e. The lowest BCUT2D eigenvalue weighted by Crippen LogP contribution is -2.41. The highest BCUT2D eigenvalue weighted by Gasteiger charge is 2.31. The second kappa shape index (κ2) is 7.97. The SMILES string of the molecule is Cc1ccccc1NC(=O)C(C)OC(=O)C1CCN(S(C)(=O)=O)CC1. The van der Waals surface area contributed by atoms with Gasteiger partial charge in [-0.25, -0.2) is 12.7 Å². The summed E-state index contributed by atoms with van der Waals surface area (Å²) in [7, 11) is -3.23. The first-order valence-electron chi connectivity index (χ1n) is 8.20. The number of piperidine rings is 1. The van der Waals surface area contributed by atoms with Crippen LogP contribution in [0.3, 0.4) is 0 Å². The van der Waals surface area contributed by atoms with E-state index in [1.54, 1.807) is 6.07 Å². The summed E-state index contributed by atoms with van der Waals surface area (Å²) in [6.07, 6.45) is 1.04. The predicted molar refractivity (Wildman–Crippen MR) is 94.5 cm³/mol. The Bertz CT molecular complexity index is 739. The van der Waals surface area contributed by atoms with Gasteiger partial charge in [0.15, 0.2) is 6.10 Å². The summed E-state index contributed by atoms with van der Waals surface area (Å²) in [4.78, 5) is 24.4. The Kier molecular flexibility index (Phi) is 6.18. The molecule has 1 atom stereocenters. The lowest BCUT2D eigenvalue weighted by molar-refractivity contribution is -0.158. The fourth-order valence-corrected chi connectivity index (χ4v) is 3.57. The van der Waals surface area contributed by atoms with E-state index in [2.05, 4.69) is 5.32 Å². The van der Waals surface area contributed by atoms with Crippen LogP contribution >= 0.6 is 0 Å². The minimum Gasteiger partial charge on any atom is -0.452 e. The van der Waals surface area contributed by atoms with Crippen LogP contribution in [0.15, 0.2) is 24.3 Å². The van der Waals surface area contributed by atoms with Crippen LogP contribution < -0.4 is 5.32 Å². The Morgan fingerprint density at radius 2 is 1.84 bits per heavy atom. The van der Waals surface area contributed by atoms with E-state index in [-0.39, 0.29) is 5.92 Å². The molecule has 1 N–H and O–H groups in total. The number of hydrogen-bond acceptors (Lipinski definition) is 5. The quantitative estimate of drug-likeness (QED) is 0.796. The first kappa shape index (κ1) is 19.4. The van der Waals surface area contributed by atoms with Gasteiger partial charge in [0.1, 0.15) is 0 Å². The van der Waals surface area contributed by atoms with E-state index < -0.39 is 28.0 Å². The summed E-state index contributed by atoms with van der Waals surface area (Å²) in [5.41, 5.74) is 1.60. The molecule has 1 unspecified atom stereocenters. The van der Waals surface area contributed by atoms with E-state index >= 15 is 0 Å². The maximum absolute atomic E-state index is 12.2. The van der Waals surface area contributed by atoms with Gasteiger partial charge in [-0.2, -0.15) is 0 Å². The van der Waals surface area contributed by atoms with E-state index in [4.69, 9.17) is 4.74 Å². The Hall–Kier alpha value is -1.93. The number of aryl methyl sites for hydroxylation is 1. The highest BCUT2D eigenvalue weighted by Crippen LogP contribution is 2.21. The number of ether oxygens (including phenoxy) is 1. The number of hydrogen-bond donors (Lipinski definition) is 1. The monoisotopic (exact) mass is 368 g/mol. The molecule has 1 heterocycles. The Morgan fingerprint density at radius 3 is 2.40 bits per heavy atom. The van der Waals surface area contributed by atoms with Gasteiger partial charge in [0, 0.05) is 18.8 Å². The molecular formula is C17H24N2O5S. The number of amides is 1. The summed E-state index contributed by atoms with van der Waals surface area (Å²) in [6, 6.07) is 7.34.